The number of nitrogens with one attached hydrogen (secondary N) is 1. The average Bonchev–Trinajstić information content (AvgIpc) is 2.69. The largest absolute Gasteiger partial charge is 0.488 e. The van der Waals surface area contributed by atoms with E-state index in [1.54, 1.807) is 0 Å². The van der Waals surface area contributed by atoms with Crippen molar-refractivity contribution in [2.24, 2.45) is 11.8 Å². The van der Waals surface area contributed by atoms with E-state index >= 15 is 0 Å². The summed E-state index contributed by atoms with van der Waals surface area (Å²) in [4.78, 5) is 12.3. The normalized spacial score (nSPS) is 31.2. The number of fused-ring (bicyclic) bond motifs is 2. The van der Waals surface area contributed by atoms with Gasteiger partial charge >= 0.3 is 7.69 Å². The van der Waals surface area contributed by atoms with E-state index in [1.807, 2.05) is 19.9 Å². The Morgan fingerprint density at radius 1 is 1.47 bits per heavy atom. The Labute approximate surface area is 116 Å². The molecule has 1 aliphatic heterocycles. The monoisotopic (exact) mass is 264 g/mol. The van der Waals surface area contributed by atoms with Crippen LogP contribution < -0.4 is 5.32 Å². The number of rotatable bonds is 6. The highest BCUT2D eigenvalue weighted by atomic mass is 16.6. The van der Waals surface area contributed by atoms with Crippen LogP contribution in [0.5, 0.6) is 0 Å². The van der Waals surface area contributed by atoms with Crippen molar-refractivity contribution in [3.05, 3.63) is 12.2 Å². The first kappa shape index (κ1) is 14.6. The molecule has 0 aromatic rings. The number of hydrogen-bond donors (Lipinski definition) is 1. The van der Waals surface area contributed by atoms with Crippen LogP contribution in [-0.2, 0) is 14.1 Å². The smallest absolute Gasteiger partial charge is 0.410 e. The Morgan fingerprint density at radius 3 is 3.00 bits per heavy atom. The number of carbonyl (C=O) groups excluding carboxylic acids is 1. The van der Waals surface area contributed by atoms with Crippen LogP contribution in [0.2, 0.25) is 0 Å². The van der Waals surface area contributed by atoms with Crippen molar-refractivity contribution in [1.29, 1.82) is 0 Å². The lowest BCUT2D eigenvalue weighted by atomic mass is 9.84. The third kappa shape index (κ3) is 3.60. The van der Waals surface area contributed by atoms with Crippen molar-refractivity contribution in [2.75, 3.05) is 6.54 Å². The Bertz CT molecular complexity index is 335. The van der Waals surface area contributed by atoms with Crippen LogP contribution in [0.3, 0.4) is 0 Å². The van der Waals surface area contributed by atoms with Gasteiger partial charge in [-0.15, -0.1) is 0 Å². The summed E-state index contributed by atoms with van der Waals surface area (Å²) in [7, 11) is 1.46. The van der Waals surface area contributed by atoms with E-state index in [0.29, 0.717) is 6.54 Å². The van der Waals surface area contributed by atoms with Crippen LogP contribution in [0.15, 0.2) is 12.2 Å². The summed E-state index contributed by atoms with van der Waals surface area (Å²) in [6.07, 6.45) is 8.22. The highest BCUT2D eigenvalue weighted by Crippen LogP contribution is 2.39. The lowest BCUT2D eigenvalue weighted by Crippen LogP contribution is -2.38. The second kappa shape index (κ2) is 7.10. The minimum atomic E-state index is 0.0289. The maximum atomic E-state index is 12.3. The molecule has 1 N–H and O–H groups in total. The van der Waals surface area contributed by atoms with Crippen molar-refractivity contribution in [2.45, 2.75) is 51.7 Å². The summed E-state index contributed by atoms with van der Waals surface area (Å²) in [6, 6.07) is 0. The third-order valence-electron chi connectivity index (χ3n) is 4.07. The molecular weight excluding hydrogens is 241 g/mol. The summed E-state index contributed by atoms with van der Waals surface area (Å²) >= 11 is 0. The summed E-state index contributed by atoms with van der Waals surface area (Å²) < 4.78 is 11.0. The fourth-order valence-corrected chi connectivity index (χ4v) is 3.15. The molecule has 0 spiro atoms. The average molecular weight is 264 g/mol. The summed E-state index contributed by atoms with van der Waals surface area (Å²) in [6.45, 7) is 4.65. The van der Waals surface area contributed by atoms with Gasteiger partial charge < -0.3 is 14.6 Å². The highest BCUT2D eigenvalue weighted by molar-refractivity contribution is 6.18. The van der Waals surface area contributed by atoms with Gasteiger partial charge in [0.05, 0.1) is 0 Å². The molecule has 105 valence electrons. The Morgan fingerprint density at radius 2 is 2.32 bits per heavy atom. The number of hydrogen-bond acceptors (Lipinski definition) is 3. The van der Waals surface area contributed by atoms with Gasteiger partial charge in [0.1, 0.15) is 0 Å². The van der Waals surface area contributed by atoms with Crippen molar-refractivity contribution < 1.29 is 14.1 Å². The van der Waals surface area contributed by atoms with Gasteiger partial charge in [-0.2, -0.15) is 0 Å². The number of allylic oxidation sites excluding steroid dienone is 2. The van der Waals surface area contributed by atoms with E-state index in [2.05, 4.69) is 11.4 Å². The first-order valence-electron chi connectivity index (χ1n) is 7.27. The molecule has 1 heterocycles. The molecule has 19 heavy (non-hydrogen) atoms. The standard InChI is InChI=1S/C14H23BNO3/c1-3-5-6-7-11(14(17)16-4-2)12-8-10-9-13(12)19-15-18-10/h3,5,10-13H,4,6-9H2,1-2H3,(H,16,17). The molecule has 1 saturated carbocycles. The Kier molecular flexibility index (Phi) is 5.46. The molecule has 0 aromatic carbocycles. The molecule has 2 bridgehead atoms. The zero-order valence-electron chi connectivity index (χ0n) is 11.8. The molecule has 1 radical (unpaired) electrons. The quantitative estimate of drug-likeness (QED) is 0.588. The summed E-state index contributed by atoms with van der Waals surface area (Å²) in [5.74, 6) is 0.468. The highest BCUT2D eigenvalue weighted by Gasteiger charge is 2.44. The molecule has 1 saturated heterocycles. The minimum Gasteiger partial charge on any atom is -0.410 e. The molecular formula is C14H23BNO3. The van der Waals surface area contributed by atoms with Crippen molar-refractivity contribution >= 4 is 13.6 Å². The Balaban J connectivity index is 2.01. The molecule has 0 aromatic heterocycles. The second-order valence-electron chi connectivity index (χ2n) is 5.31. The summed E-state index contributed by atoms with van der Waals surface area (Å²) in [5.41, 5.74) is 0. The molecule has 1 amide bonds. The van der Waals surface area contributed by atoms with Gasteiger partial charge in [-0.25, -0.2) is 0 Å². The lowest BCUT2D eigenvalue weighted by molar-refractivity contribution is -0.127. The topological polar surface area (TPSA) is 47.6 Å². The molecule has 1 aliphatic carbocycles. The van der Waals surface area contributed by atoms with E-state index in [0.717, 1.165) is 25.7 Å². The molecule has 2 rings (SSSR count). The maximum absolute atomic E-state index is 12.3. The van der Waals surface area contributed by atoms with Crippen molar-refractivity contribution in [3.63, 3.8) is 0 Å². The van der Waals surface area contributed by atoms with E-state index in [9.17, 15) is 4.79 Å². The van der Waals surface area contributed by atoms with Crippen LogP contribution in [0.25, 0.3) is 0 Å². The first-order valence-corrected chi connectivity index (χ1v) is 7.27. The molecule has 4 nitrogen and oxygen atoms in total. The molecule has 2 aliphatic rings. The number of carbonyl (C=O) groups is 1. The van der Waals surface area contributed by atoms with Crippen molar-refractivity contribution in [3.8, 4) is 0 Å². The lowest BCUT2D eigenvalue weighted by Gasteiger charge is -2.27. The molecule has 5 heteroatoms. The third-order valence-corrected chi connectivity index (χ3v) is 4.07. The maximum Gasteiger partial charge on any atom is 0.488 e. The molecule has 4 atom stereocenters. The van der Waals surface area contributed by atoms with E-state index in [4.69, 9.17) is 9.31 Å². The van der Waals surface area contributed by atoms with Gasteiger partial charge in [-0.3, -0.25) is 4.79 Å². The van der Waals surface area contributed by atoms with Gasteiger partial charge in [0.2, 0.25) is 5.91 Å². The predicted molar refractivity (Wildman–Crippen MR) is 74.4 cm³/mol. The van der Waals surface area contributed by atoms with E-state index < -0.39 is 0 Å². The van der Waals surface area contributed by atoms with Gasteiger partial charge in [0, 0.05) is 24.7 Å². The summed E-state index contributed by atoms with van der Waals surface area (Å²) in [5, 5.41) is 2.96. The SMILES string of the molecule is CC=CCCC(C(=O)NCC)C1CC2CC1O[B]O2. The van der Waals surface area contributed by atoms with Crippen LogP contribution >= 0.6 is 0 Å². The van der Waals surface area contributed by atoms with Crippen LogP contribution in [0.1, 0.15) is 39.5 Å². The fourth-order valence-electron chi connectivity index (χ4n) is 3.15. The fraction of sp³-hybridized carbons (Fsp3) is 0.786. The second-order valence-corrected chi connectivity index (χ2v) is 5.31. The van der Waals surface area contributed by atoms with Gasteiger partial charge in [0.15, 0.2) is 0 Å². The van der Waals surface area contributed by atoms with E-state index in [1.165, 1.54) is 7.69 Å². The minimum absolute atomic E-state index is 0.0289. The predicted octanol–water partition coefficient (Wildman–Crippen LogP) is 1.82. The molecule has 4 unspecified atom stereocenters. The number of amides is 1. The van der Waals surface area contributed by atoms with Crippen LogP contribution in [0, 0.1) is 11.8 Å². The zero-order chi connectivity index (χ0) is 13.7. The molecule has 2 fully saturated rings. The van der Waals surface area contributed by atoms with Gasteiger partial charge in [0.25, 0.3) is 0 Å². The van der Waals surface area contributed by atoms with Crippen LogP contribution in [-0.4, -0.2) is 32.3 Å². The zero-order valence-corrected chi connectivity index (χ0v) is 11.8. The first-order chi connectivity index (χ1) is 9.26. The van der Waals surface area contributed by atoms with E-state index in [-0.39, 0.29) is 30.0 Å². The van der Waals surface area contributed by atoms with Crippen molar-refractivity contribution in [1.82, 2.24) is 5.32 Å². The van der Waals surface area contributed by atoms with Gasteiger partial charge in [-0.05, 0) is 45.4 Å². The van der Waals surface area contributed by atoms with Crippen LogP contribution in [0.4, 0.5) is 0 Å². The van der Waals surface area contributed by atoms with Gasteiger partial charge in [-0.1, -0.05) is 12.2 Å². The Hall–Kier alpha value is -0.805.